The fourth-order valence-electron chi connectivity index (χ4n) is 2.75. The zero-order valence-electron chi connectivity index (χ0n) is 14.0. The molecule has 6 nitrogen and oxygen atoms in total. The highest BCUT2D eigenvalue weighted by Crippen LogP contribution is 2.36. The van der Waals surface area contributed by atoms with E-state index >= 15 is 0 Å². The molecule has 0 radical (unpaired) electrons. The van der Waals surface area contributed by atoms with Crippen molar-refractivity contribution in [2.24, 2.45) is 0 Å². The van der Waals surface area contributed by atoms with Crippen LogP contribution in [0.1, 0.15) is 20.8 Å². The van der Waals surface area contributed by atoms with Crippen molar-refractivity contribution in [3.05, 3.63) is 75.6 Å². The van der Waals surface area contributed by atoms with E-state index in [0.29, 0.717) is 4.88 Å². The Morgan fingerprint density at radius 3 is 2.64 bits per heavy atom. The monoisotopic (exact) mass is 459 g/mol. The number of aromatic nitrogens is 2. The van der Waals surface area contributed by atoms with Gasteiger partial charge in [-0.15, -0.1) is 11.3 Å². The minimum Gasteiger partial charge on any atom is -0.478 e. The first-order chi connectivity index (χ1) is 13.4. The Hall–Kier alpha value is -3.04. The molecule has 0 bridgehead atoms. The molecule has 3 heterocycles. The Morgan fingerprint density at radius 1 is 1.21 bits per heavy atom. The van der Waals surface area contributed by atoms with Gasteiger partial charge in [0.05, 0.1) is 10.6 Å². The van der Waals surface area contributed by atoms with Gasteiger partial charge >= 0.3 is 5.97 Å². The average Bonchev–Trinajstić information content (AvgIpc) is 3.27. The molecular formula is C19H11BrFN3O3S. The van der Waals surface area contributed by atoms with Crippen LogP contribution in [0.5, 0.6) is 0 Å². The molecule has 0 spiro atoms. The first-order valence-electron chi connectivity index (χ1n) is 8.00. The van der Waals surface area contributed by atoms with Crippen molar-refractivity contribution in [3.8, 4) is 10.4 Å². The van der Waals surface area contributed by atoms with Gasteiger partial charge in [0.15, 0.2) is 5.69 Å². The maximum Gasteiger partial charge on any atom is 0.339 e. The number of benzene rings is 1. The molecule has 2 N–H and O–H groups in total. The number of carboxylic acids is 1. The number of hydrogen-bond donors (Lipinski definition) is 2. The van der Waals surface area contributed by atoms with Crippen molar-refractivity contribution < 1.29 is 19.1 Å². The van der Waals surface area contributed by atoms with Crippen LogP contribution in [0.2, 0.25) is 0 Å². The predicted molar refractivity (Wildman–Crippen MR) is 108 cm³/mol. The number of fused-ring (bicyclic) bond motifs is 1. The van der Waals surface area contributed by atoms with Gasteiger partial charge in [-0.1, -0.05) is 28.1 Å². The summed E-state index contributed by atoms with van der Waals surface area (Å²) in [6.45, 7) is 0. The molecule has 0 atom stereocenters. The number of carbonyl (C=O) groups excluding carboxylic acids is 1. The molecule has 4 aromatic rings. The predicted octanol–water partition coefficient (Wildman–Crippen LogP) is 4.91. The van der Waals surface area contributed by atoms with E-state index in [0.717, 1.165) is 10.0 Å². The highest BCUT2D eigenvalue weighted by Gasteiger charge is 2.22. The van der Waals surface area contributed by atoms with Crippen molar-refractivity contribution in [2.45, 2.75) is 0 Å². The molecule has 0 fully saturated rings. The van der Waals surface area contributed by atoms with E-state index in [9.17, 15) is 19.1 Å². The summed E-state index contributed by atoms with van der Waals surface area (Å²) in [6.07, 6.45) is 1.52. The first-order valence-corrected chi connectivity index (χ1v) is 9.67. The number of thiophene rings is 1. The topological polar surface area (TPSA) is 83.7 Å². The highest BCUT2D eigenvalue weighted by molar-refractivity contribution is 9.10. The van der Waals surface area contributed by atoms with Gasteiger partial charge in [0.25, 0.3) is 5.91 Å². The third kappa shape index (κ3) is 3.30. The molecule has 1 aromatic carbocycles. The Morgan fingerprint density at radius 2 is 1.96 bits per heavy atom. The Kier molecular flexibility index (Phi) is 4.70. The molecule has 9 heteroatoms. The number of pyridine rings is 1. The fraction of sp³-hybridized carbons (Fsp3) is 0. The molecule has 0 saturated carbocycles. The molecular weight excluding hydrogens is 449 g/mol. The van der Waals surface area contributed by atoms with Crippen LogP contribution in [-0.2, 0) is 0 Å². The van der Waals surface area contributed by atoms with E-state index in [2.05, 4.69) is 26.3 Å². The van der Waals surface area contributed by atoms with Crippen molar-refractivity contribution in [2.75, 3.05) is 5.32 Å². The molecule has 3 aromatic heterocycles. The Balaban J connectivity index is 1.69. The maximum atomic E-state index is 13.8. The number of aromatic carboxylic acids is 1. The lowest BCUT2D eigenvalue weighted by atomic mass is 10.1. The summed E-state index contributed by atoms with van der Waals surface area (Å²) in [6, 6.07) is 11.3. The smallest absolute Gasteiger partial charge is 0.339 e. The van der Waals surface area contributed by atoms with Crippen molar-refractivity contribution >= 4 is 50.3 Å². The molecule has 0 aliphatic rings. The number of carbonyl (C=O) groups is 2. The van der Waals surface area contributed by atoms with Crippen LogP contribution in [0, 0.1) is 5.82 Å². The lowest BCUT2D eigenvalue weighted by molar-refractivity contribution is 0.0699. The summed E-state index contributed by atoms with van der Waals surface area (Å²) in [5.41, 5.74) is 1.03. The van der Waals surface area contributed by atoms with Crippen molar-refractivity contribution in [3.63, 3.8) is 0 Å². The molecule has 1 amide bonds. The number of hydrogen-bond acceptors (Lipinski definition) is 4. The Bertz CT molecular complexity index is 1220. The van der Waals surface area contributed by atoms with Crippen LogP contribution in [0.15, 0.2) is 58.5 Å². The van der Waals surface area contributed by atoms with Gasteiger partial charge in [-0.3, -0.25) is 4.79 Å². The standard InChI is InChI=1S/C19H11BrFN3O3S/c20-11-5-3-10(4-6-11)17-16(19(26)27)14(9-28-17)22-18(25)13-8-15-12(21)2-1-7-24(15)23-13/h1-9H,(H,22,25)(H,26,27). The van der Waals surface area contributed by atoms with Crippen LogP contribution in [0.25, 0.3) is 16.0 Å². The van der Waals surface area contributed by atoms with Crippen LogP contribution >= 0.6 is 27.3 Å². The zero-order valence-corrected chi connectivity index (χ0v) is 16.4. The summed E-state index contributed by atoms with van der Waals surface area (Å²) in [5, 5.41) is 17.8. The number of halogens is 2. The molecule has 0 unspecified atom stereocenters. The average molecular weight is 460 g/mol. The second-order valence-corrected chi connectivity index (χ2v) is 7.63. The normalized spacial score (nSPS) is 10.9. The van der Waals surface area contributed by atoms with E-state index in [4.69, 9.17) is 0 Å². The second-order valence-electron chi connectivity index (χ2n) is 5.84. The van der Waals surface area contributed by atoms with E-state index in [1.165, 1.54) is 40.2 Å². The molecule has 0 aliphatic carbocycles. The number of anilines is 1. The van der Waals surface area contributed by atoms with E-state index in [-0.39, 0.29) is 22.5 Å². The molecule has 4 rings (SSSR count). The quantitative estimate of drug-likeness (QED) is 0.453. The van der Waals surface area contributed by atoms with E-state index in [1.807, 2.05) is 12.1 Å². The second kappa shape index (κ2) is 7.17. The number of nitrogens with zero attached hydrogens (tertiary/aromatic N) is 2. The van der Waals surface area contributed by atoms with Crippen LogP contribution in [-0.4, -0.2) is 26.6 Å². The number of rotatable bonds is 4. The van der Waals surface area contributed by atoms with Gasteiger partial charge in [0, 0.05) is 16.0 Å². The third-order valence-corrected chi connectivity index (χ3v) is 5.60. The van der Waals surface area contributed by atoms with Crippen LogP contribution < -0.4 is 5.32 Å². The zero-order chi connectivity index (χ0) is 19.8. The first kappa shape index (κ1) is 18.3. The number of carboxylic acid groups (broad SMARTS) is 1. The minimum absolute atomic E-state index is 0.00406. The fourth-order valence-corrected chi connectivity index (χ4v) is 4.02. The van der Waals surface area contributed by atoms with E-state index < -0.39 is 17.7 Å². The summed E-state index contributed by atoms with van der Waals surface area (Å²) >= 11 is 4.55. The van der Waals surface area contributed by atoms with Crippen molar-refractivity contribution in [1.82, 2.24) is 9.61 Å². The van der Waals surface area contributed by atoms with Crippen LogP contribution in [0.3, 0.4) is 0 Å². The van der Waals surface area contributed by atoms with Gasteiger partial charge in [-0.25, -0.2) is 13.7 Å². The summed E-state index contributed by atoms with van der Waals surface area (Å²) in [7, 11) is 0. The maximum absolute atomic E-state index is 13.8. The van der Waals surface area contributed by atoms with Gasteiger partial charge < -0.3 is 10.4 Å². The molecule has 140 valence electrons. The summed E-state index contributed by atoms with van der Waals surface area (Å²) in [4.78, 5) is 24.9. The largest absolute Gasteiger partial charge is 0.478 e. The number of nitrogens with one attached hydrogen (secondary N) is 1. The van der Waals surface area contributed by atoms with Crippen LogP contribution in [0.4, 0.5) is 10.1 Å². The summed E-state index contributed by atoms with van der Waals surface area (Å²) in [5.74, 6) is -2.28. The highest BCUT2D eigenvalue weighted by atomic mass is 79.9. The lowest BCUT2D eigenvalue weighted by Gasteiger charge is -2.05. The molecule has 0 aliphatic heterocycles. The summed E-state index contributed by atoms with van der Waals surface area (Å²) < 4.78 is 15.9. The van der Waals surface area contributed by atoms with Gasteiger partial charge in [0.2, 0.25) is 0 Å². The van der Waals surface area contributed by atoms with Gasteiger partial charge in [0.1, 0.15) is 16.9 Å². The molecule has 0 saturated heterocycles. The molecule has 28 heavy (non-hydrogen) atoms. The van der Waals surface area contributed by atoms with E-state index in [1.54, 1.807) is 17.5 Å². The lowest BCUT2D eigenvalue weighted by Crippen LogP contribution is -2.14. The number of amides is 1. The SMILES string of the molecule is O=C(Nc1csc(-c2ccc(Br)cc2)c1C(=O)O)c1cc2c(F)cccn2n1. The Labute approximate surface area is 170 Å². The van der Waals surface area contributed by atoms with Gasteiger partial charge in [-0.05, 0) is 35.9 Å². The van der Waals surface area contributed by atoms with Gasteiger partial charge in [-0.2, -0.15) is 5.10 Å². The van der Waals surface area contributed by atoms with Crippen molar-refractivity contribution in [1.29, 1.82) is 0 Å². The minimum atomic E-state index is -1.16. The third-order valence-electron chi connectivity index (χ3n) is 4.04.